The average molecular weight is 246 g/mol. The molecule has 0 fully saturated rings. The topological polar surface area (TPSA) is 101 Å². The fourth-order valence-electron chi connectivity index (χ4n) is 1.72. The van der Waals surface area contributed by atoms with Crippen LogP contribution < -0.4 is 0 Å². The Balaban J connectivity index is 2.19. The molecule has 3 heterocycles. The van der Waals surface area contributed by atoms with Crippen molar-refractivity contribution in [1.29, 1.82) is 0 Å². The third-order valence-electron chi connectivity index (χ3n) is 2.75. The molecule has 0 bridgehead atoms. The number of fused-ring (bicyclic) bond motifs is 1. The smallest absolute Gasteiger partial charge is 0.356 e. The van der Waals surface area contributed by atoms with E-state index in [4.69, 9.17) is 5.11 Å². The number of aromatic nitrogens is 6. The van der Waals surface area contributed by atoms with Crippen LogP contribution in [0.5, 0.6) is 0 Å². The first kappa shape index (κ1) is 10.5. The zero-order valence-corrected chi connectivity index (χ0v) is 9.75. The summed E-state index contributed by atoms with van der Waals surface area (Å²) in [5.41, 5.74) is 2.11. The number of aryl methyl sites for hydroxylation is 2. The van der Waals surface area contributed by atoms with Crippen molar-refractivity contribution < 1.29 is 9.90 Å². The van der Waals surface area contributed by atoms with Gasteiger partial charge in [0.05, 0.1) is 0 Å². The lowest BCUT2D eigenvalue weighted by Crippen LogP contribution is -1.99. The van der Waals surface area contributed by atoms with Crippen molar-refractivity contribution in [2.24, 2.45) is 7.05 Å². The zero-order valence-electron chi connectivity index (χ0n) is 9.75. The number of carboxylic acids is 1. The maximum Gasteiger partial charge on any atom is 0.356 e. The second-order valence-corrected chi connectivity index (χ2v) is 3.97. The first-order valence-electron chi connectivity index (χ1n) is 5.24. The van der Waals surface area contributed by atoms with Crippen LogP contribution in [-0.2, 0) is 7.05 Å². The largest absolute Gasteiger partial charge is 0.476 e. The van der Waals surface area contributed by atoms with Gasteiger partial charge in [0.25, 0.3) is 0 Å². The molecule has 0 aliphatic carbocycles. The highest BCUT2D eigenvalue weighted by Gasteiger charge is 2.16. The summed E-state index contributed by atoms with van der Waals surface area (Å²) in [5.74, 6) is -0.587. The van der Waals surface area contributed by atoms with E-state index < -0.39 is 5.97 Å². The number of H-pyrrole nitrogens is 1. The van der Waals surface area contributed by atoms with E-state index in [1.807, 2.05) is 20.0 Å². The van der Waals surface area contributed by atoms with Gasteiger partial charge >= 0.3 is 5.97 Å². The highest BCUT2D eigenvalue weighted by molar-refractivity contribution is 5.86. The van der Waals surface area contributed by atoms with Gasteiger partial charge in [-0.25, -0.2) is 4.79 Å². The molecule has 3 aromatic heterocycles. The number of aromatic amines is 1. The minimum absolute atomic E-state index is 0.0300. The van der Waals surface area contributed by atoms with Gasteiger partial charge in [0.15, 0.2) is 11.3 Å². The number of hydrogen-bond acceptors (Lipinski definition) is 4. The van der Waals surface area contributed by atoms with E-state index in [-0.39, 0.29) is 5.69 Å². The quantitative estimate of drug-likeness (QED) is 0.684. The zero-order chi connectivity index (χ0) is 12.9. The first-order chi connectivity index (χ1) is 8.56. The fourth-order valence-corrected chi connectivity index (χ4v) is 1.72. The lowest BCUT2D eigenvalue weighted by molar-refractivity contribution is 0.0690. The van der Waals surface area contributed by atoms with Gasteiger partial charge in [-0.1, -0.05) is 0 Å². The molecule has 0 saturated carbocycles. The molecule has 0 amide bonds. The van der Waals surface area contributed by atoms with Crippen LogP contribution in [0, 0.1) is 6.92 Å². The molecule has 0 atom stereocenters. The molecule has 3 rings (SSSR count). The minimum atomic E-state index is -1.07. The van der Waals surface area contributed by atoms with Gasteiger partial charge in [-0.15, -0.1) is 0 Å². The van der Waals surface area contributed by atoms with E-state index in [1.54, 1.807) is 4.68 Å². The number of hydrogen-bond donors (Lipinski definition) is 2. The highest BCUT2D eigenvalue weighted by Crippen LogP contribution is 2.17. The predicted octanol–water partition coefficient (Wildman–Crippen LogP) is 0.465. The van der Waals surface area contributed by atoms with Crippen LogP contribution in [0.4, 0.5) is 0 Å². The number of carbonyl (C=O) groups is 1. The van der Waals surface area contributed by atoms with Crippen molar-refractivity contribution in [3.63, 3.8) is 0 Å². The van der Waals surface area contributed by atoms with Crippen molar-refractivity contribution >= 4 is 11.6 Å². The molecule has 3 aromatic rings. The Kier molecular flexibility index (Phi) is 2.00. The number of rotatable bonds is 2. The molecule has 8 nitrogen and oxygen atoms in total. The van der Waals surface area contributed by atoms with E-state index in [2.05, 4.69) is 20.4 Å². The molecule has 0 aromatic carbocycles. The van der Waals surface area contributed by atoms with Gasteiger partial charge in [-0.3, -0.25) is 9.78 Å². The second-order valence-electron chi connectivity index (χ2n) is 3.97. The Morgan fingerprint density at radius 2 is 2.17 bits per heavy atom. The third kappa shape index (κ3) is 1.39. The maximum absolute atomic E-state index is 10.8. The molecular weight excluding hydrogens is 236 g/mol. The van der Waals surface area contributed by atoms with Crippen molar-refractivity contribution in [1.82, 2.24) is 29.6 Å². The maximum atomic E-state index is 10.8. The highest BCUT2D eigenvalue weighted by atomic mass is 16.4. The van der Waals surface area contributed by atoms with Crippen molar-refractivity contribution in [2.75, 3.05) is 0 Å². The monoisotopic (exact) mass is 246 g/mol. The van der Waals surface area contributed by atoms with Crippen LogP contribution in [0.2, 0.25) is 0 Å². The van der Waals surface area contributed by atoms with Gasteiger partial charge in [-0.05, 0) is 13.0 Å². The molecule has 18 heavy (non-hydrogen) atoms. The Morgan fingerprint density at radius 1 is 1.39 bits per heavy atom. The molecule has 92 valence electrons. The lowest BCUT2D eigenvalue weighted by Gasteiger charge is -1.91. The van der Waals surface area contributed by atoms with Crippen LogP contribution in [0.25, 0.3) is 17.2 Å². The molecule has 2 N–H and O–H groups in total. The van der Waals surface area contributed by atoms with E-state index in [1.165, 1.54) is 10.6 Å². The lowest BCUT2D eigenvalue weighted by atomic mass is 10.3. The van der Waals surface area contributed by atoms with E-state index in [0.29, 0.717) is 17.2 Å². The van der Waals surface area contributed by atoms with Gasteiger partial charge in [-0.2, -0.15) is 19.8 Å². The summed E-state index contributed by atoms with van der Waals surface area (Å²) < 4.78 is 3.16. The van der Waals surface area contributed by atoms with Gasteiger partial charge < -0.3 is 5.11 Å². The van der Waals surface area contributed by atoms with Crippen LogP contribution in [0.3, 0.4) is 0 Å². The number of carboxylic acid groups (broad SMARTS) is 1. The first-order valence-corrected chi connectivity index (χ1v) is 5.24. The summed E-state index contributed by atoms with van der Waals surface area (Å²) in [7, 11) is 1.83. The molecule has 0 radical (unpaired) electrons. The van der Waals surface area contributed by atoms with Crippen LogP contribution in [0.15, 0.2) is 12.1 Å². The Morgan fingerprint density at radius 3 is 2.78 bits per heavy atom. The van der Waals surface area contributed by atoms with Crippen molar-refractivity contribution in [3.05, 3.63) is 23.5 Å². The predicted molar refractivity (Wildman–Crippen MR) is 61.2 cm³/mol. The van der Waals surface area contributed by atoms with Crippen LogP contribution in [0.1, 0.15) is 16.2 Å². The Labute approximate surface area is 101 Å². The van der Waals surface area contributed by atoms with E-state index in [0.717, 1.165) is 5.69 Å². The van der Waals surface area contributed by atoms with Crippen LogP contribution in [-0.4, -0.2) is 40.7 Å². The van der Waals surface area contributed by atoms with E-state index in [9.17, 15) is 4.79 Å². The van der Waals surface area contributed by atoms with Gasteiger partial charge in [0.1, 0.15) is 5.69 Å². The average Bonchev–Trinajstić information content (AvgIpc) is 2.93. The van der Waals surface area contributed by atoms with Crippen molar-refractivity contribution in [3.8, 4) is 11.5 Å². The molecule has 0 spiro atoms. The standard InChI is InChI=1S/C10H10N6O2/c1-5-3-6(13-15(5)2)9-12-11-8-4-7(10(17)18)14-16(8)9/h3-4,11H,1-2H3,(H,17,18). The second kappa shape index (κ2) is 3.42. The van der Waals surface area contributed by atoms with Gasteiger partial charge in [0.2, 0.25) is 5.82 Å². The van der Waals surface area contributed by atoms with Crippen LogP contribution >= 0.6 is 0 Å². The molecule has 0 saturated heterocycles. The van der Waals surface area contributed by atoms with Crippen molar-refractivity contribution in [2.45, 2.75) is 6.92 Å². The summed E-state index contributed by atoms with van der Waals surface area (Å²) in [6, 6.07) is 3.28. The minimum Gasteiger partial charge on any atom is -0.476 e. The van der Waals surface area contributed by atoms with E-state index >= 15 is 0 Å². The molecular formula is C10H10N6O2. The summed E-state index contributed by atoms with van der Waals surface area (Å²) >= 11 is 0. The third-order valence-corrected chi connectivity index (χ3v) is 2.75. The summed E-state index contributed by atoms with van der Waals surface area (Å²) in [6.07, 6.45) is 0. The normalized spacial score (nSPS) is 11.2. The summed E-state index contributed by atoms with van der Waals surface area (Å²) in [4.78, 5) is 10.8. The molecule has 0 aliphatic rings. The molecule has 0 unspecified atom stereocenters. The Bertz CT molecular complexity index is 730. The summed E-state index contributed by atoms with van der Waals surface area (Å²) in [6.45, 7) is 1.92. The number of nitrogens with zero attached hydrogens (tertiary/aromatic N) is 5. The molecule has 0 aliphatic heterocycles. The number of nitrogens with one attached hydrogen (secondary N) is 1. The fraction of sp³-hybridized carbons (Fsp3) is 0.200. The molecule has 8 heteroatoms. The number of aromatic carboxylic acids is 1. The van der Waals surface area contributed by atoms with Gasteiger partial charge in [0, 0.05) is 18.8 Å². The summed E-state index contributed by atoms with van der Waals surface area (Å²) in [5, 5.41) is 23.9. The Hall–Kier alpha value is -2.64. The SMILES string of the molecule is Cc1cc(-c2n[nH]c3cc(C(=O)O)nn23)nn1C.